The van der Waals surface area contributed by atoms with Gasteiger partial charge in [0.05, 0.1) is 23.6 Å². The first-order valence-electron chi connectivity index (χ1n) is 7.90. The van der Waals surface area contributed by atoms with Crippen LogP contribution in [0.1, 0.15) is 31.7 Å². The number of likely N-dealkylation sites (tertiary alicyclic amines) is 1. The predicted molar refractivity (Wildman–Crippen MR) is 84.1 cm³/mol. The Balaban J connectivity index is 1.75. The van der Waals surface area contributed by atoms with E-state index in [-0.39, 0.29) is 5.54 Å². The molecule has 1 aromatic rings. The Morgan fingerprint density at radius 3 is 2.68 bits per heavy atom. The van der Waals surface area contributed by atoms with Crippen molar-refractivity contribution in [1.82, 2.24) is 9.88 Å². The molecule has 0 aromatic carbocycles. The average molecular weight is 295 g/mol. The number of nitrogens with zero attached hydrogens (tertiary/aromatic N) is 5. The van der Waals surface area contributed by atoms with Gasteiger partial charge in [0.2, 0.25) is 0 Å². The van der Waals surface area contributed by atoms with Crippen LogP contribution in [0.4, 0.5) is 5.82 Å². The Morgan fingerprint density at radius 2 is 2.05 bits per heavy atom. The number of hydrogen-bond donors (Lipinski definition) is 0. The Kier molecular flexibility index (Phi) is 4.00. The largest absolute Gasteiger partial charge is 0.352 e. The third-order valence-electron chi connectivity index (χ3n) is 5.04. The second-order valence-electron chi connectivity index (χ2n) is 6.57. The van der Waals surface area contributed by atoms with Crippen molar-refractivity contribution in [2.45, 2.75) is 31.7 Å². The molecular weight excluding hydrogens is 274 g/mol. The summed E-state index contributed by atoms with van der Waals surface area (Å²) in [6.07, 6.45) is 4.69. The fourth-order valence-corrected chi connectivity index (χ4v) is 3.60. The van der Waals surface area contributed by atoms with Gasteiger partial charge in [-0.2, -0.15) is 10.5 Å². The number of hydrogen-bond acceptors (Lipinski definition) is 5. The molecule has 0 aliphatic carbocycles. The zero-order valence-corrected chi connectivity index (χ0v) is 13.0. The minimum atomic E-state index is -0.0564. The SMILES string of the molecule is CC1CCN(C2(CC#N)CN(c3ncccc3C#N)C2)CC1. The van der Waals surface area contributed by atoms with E-state index in [1.807, 2.05) is 0 Å². The van der Waals surface area contributed by atoms with Gasteiger partial charge in [0, 0.05) is 19.3 Å². The van der Waals surface area contributed by atoms with Gasteiger partial charge >= 0.3 is 0 Å². The van der Waals surface area contributed by atoms with Crippen LogP contribution in [0.15, 0.2) is 18.3 Å². The van der Waals surface area contributed by atoms with Crippen LogP contribution in [-0.2, 0) is 0 Å². The number of aromatic nitrogens is 1. The number of piperidine rings is 1. The van der Waals surface area contributed by atoms with E-state index in [4.69, 9.17) is 0 Å². The van der Waals surface area contributed by atoms with Crippen LogP contribution in [0.2, 0.25) is 0 Å². The zero-order valence-electron chi connectivity index (χ0n) is 13.0. The molecule has 5 heteroatoms. The predicted octanol–water partition coefficient (Wildman–Crippen LogP) is 2.16. The van der Waals surface area contributed by atoms with Crippen molar-refractivity contribution >= 4 is 5.82 Å². The van der Waals surface area contributed by atoms with Gasteiger partial charge < -0.3 is 4.90 Å². The highest BCUT2D eigenvalue weighted by Gasteiger charge is 2.48. The quantitative estimate of drug-likeness (QED) is 0.855. The molecule has 0 radical (unpaired) electrons. The molecule has 5 nitrogen and oxygen atoms in total. The van der Waals surface area contributed by atoms with Crippen LogP contribution < -0.4 is 4.90 Å². The van der Waals surface area contributed by atoms with Gasteiger partial charge in [-0.25, -0.2) is 4.98 Å². The summed E-state index contributed by atoms with van der Waals surface area (Å²) in [6, 6.07) is 8.16. The Labute approximate surface area is 131 Å². The molecule has 0 bridgehead atoms. The van der Waals surface area contributed by atoms with Crippen LogP contribution in [0.25, 0.3) is 0 Å². The van der Waals surface area contributed by atoms with Crippen molar-refractivity contribution in [2.75, 3.05) is 31.1 Å². The number of rotatable bonds is 3. The van der Waals surface area contributed by atoms with E-state index in [2.05, 4.69) is 33.8 Å². The molecule has 0 unspecified atom stereocenters. The number of nitriles is 2. The normalized spacial score (nSPS) is 21.7. The second kappa shape index (κ2) is 5.94. The van der Waals surface area contributed by atoms with E-state index in [1.165, 1.54) is 12.8 Å². The van der Waals surface area contributed by atoms with Gasteiger partial charge in [-0.1, -0.05) is 6.92 Å². The van der Waals surface area contributed by atoms with Crippen LogP contribution in [-0.4, -0.2) is 41.6 Å². The van der Waals surface area contributed by atoms with E-state index in [0.717, 1.165) is 37.9 Å². The van der Waals surface area contributed by atoms with Crippen LogP contribution in [0, 0.1) is 28.6 Å². The van der Waals surface area contributed by atoms with Gasteiger partial charge in [0.25, 0.3) is 0 Å². The molecule has 114 valence electrons. The van der Waals surface area contributed by atoms with Crippen molar-refractivity contribution in [1.29, 1.82) is 10.5 Å². The molecule has 0 saturated carbocycles. The molecule has 0 spiro atoms. The first kappa shape index (κ1) is 14.8. The molecule has 3 rings (SSSR count). The van der Waals surface area contributed by atoms with Crippen LogP contribution >= 0.6 is 0 Å². The highest BCUT2D eigenvalue weighted by molar-refractivity contribution is 5.56. The lowest BCUT2D eigenvalue weighted by molar-refractivity contribution is 0.0320. The summed E-state index contributed by atoms with van der Waals surface area (Å²) in [6.45, 7) is 6.03. The minimum absolute atomic E-state index is 0.0564. The third-order valence-corrected chi connectivity index (χ3v) is 5.04. The third kappa shape index (κ3) is 2.53. The van der Waals surface area contributed by atoms with Crippen molar-refractivity contribution in [3.05, 3.63) is 23.9 Å². The molecule has 2 aliphatic rings. The van der Waals surface area contributed by atoms with Crippen LogP contribution in [0.3, 0.4) is 0 Å². The molecule has 2 aliphatic heterocycles. The van der Waals surface area contributed by atoms with Crippen molar-refractivity contribution in [3.8, 4) is 12.1 Å². The maximum atomic E-state index is 9.24. The Morgan fingerprint density at radius 1 is 1.32 bits per heavy atom. The average Bonchev–Trinajstić information content (AvgIpc) is 2.51. The fraction of sp³-hybridized carbons (Fsp3) is 0.588. The van der Waals surface area contributed by atoms with Crippen molar-refractivity contribution in [2.24, 2.45) is 5.92 Å². The monoisotopic (exact) mass is 295 g/mol. The van der Waals surface area contributed by atoms with Crippen molar-refractivity contribution < 1.29 is 0 Å². The molecule has 2 saturated heterocycles. The lowest BCUT2D eigenvalue weighted by atomic mass is 9.82. The van der Waals surface area contributed by atoms with E-state index in [1.54, 1.807) is 18.3 Å². The number of pyridine rings is 1. The summed E-state index contributed by atoms with van der Waals surface area (Å²) in [5.41, 5.74) is 0.555. The fourth-order valence-electron chi connectivity index (χ4n) is 3.60. The van der Waals surface area contributed by atoms with Gasteiger partial charge in [-0.15, -0.1) is 0 Å². The van der Waals surface area contributed by atoms with E-state index in [9.17, 15) is 10.5 Å². The topological polar surface area (TPSA) is 67.0 Å². The van der Waals surface area contributed by atoms with E-state index < -0.39 is 0 Å². The summed E-state index contributed by atoms with van der Waals surface area (Å²) >= 11 is 0. The first-order chi connectivity index (χ1) is 10.7. The van der Waals surface area contributed by atoms with Gasteiger partial charge in [-0.3, -0.25) is 4.90 Å². The summed E-state index contributed by atoms with van der Waals surface area (Å²) < 4.78 is 0. The second-order valence-corrected chi connectivity index (χ2v) is 6.57. The van der Waals surface area contributed by atoms with E-state index in [0.29, 0.717) is 12.0 Å². The maximum absolute atomic E-state index is 9.24. The van der Waals surface area contributed by atoms with Crippen molar-refractivity contribution in [3.63, 3.8) is 0 Å². The highest BCUT2D eigenvalue weighted by atomic mass is 15.4. The molecule has 3 heterocycles. The Bertz CT molecular complexity index is 613. The molecular formula is C17H21N5. The molecule has 22 heavy (non-hydrogen) atoms. The lowest BCUT2D eigenvalue weighted by Crippen LogP contribution is -2.71. The van der Waals surface area contributed by atoms with E-state index >= 15 is 0 Å². The van der Waals surface area contributed by atoms with Gasteiger partial charge in [0.1, 0.15) is 11.9 Å². The molecule has 0 amide bonds. The maximum Gasteiger partial charge on any atom is 0.146 e. The summed E-state index contributed by atoms with van der Waals surface area (Å²) in [5, 5.41) is 18.5. The smallest absolute Gasteiger partial charge is 0.146 e. The minimum Gasteiger partial charge on any atom is -0.352 e. The van der Waals surface area contributed by atoms with Gasteiger partial charge in [0.15, 0.2) is 0 Å². The molecule has 0 atom stereocenters. The summed E-state index contributed by atoms with van der Waals surface area (Å²) in [5.74, 6) is 1.54. The summed E-state index contributed by atoms with van der Waals surface area (Å²) in [7, 11) is 0. The Hall–Kier alpha value is -2.11. The first-order valence-corrected chi connectivity index (χ1v) is 7.90. The lowest BCUT2D eigenvalue weighted by Gasteiger charge is -2.57. The number of anilines is 1. The molecule has 1 aromatic heterocycles. The molecule has 2 fully saturated rings. The van der Waals surface area contributed by atoms with Gasteiger partial charge in [-0.05, 0) is 44.0 Å². The summed E-state index contributed by atoms with van der Waals surface area (Å²) in [4.78, 5) is 8.98. The highest BCUT2D eigenvalue weighted by Crippen LogP contribution is 2.37. The standard InChI is InChI=1S/C17H21N5/c1-14-4-9-22(10-5-14)17(6-7-18)12-21(13-17)16-15(11-19)3-2-8-20-16/h2-3,8,14H,4-6,9-10,12-13H2,1H3. The zero-order chi connectivity index (χ0) is 15.6. The van der Waals surface area contributed by atoms with Crippen LogP contribution in [0.5, 0.6) is 0 Å². The molecule has 0 N–H and O–H groups in total.